The van der Waals surface area contributed by atoms with Crippen LogP contribution >= 0.6 is 0 Å². The summed E-state index contributed by atoms with van der Waals surface area (Å²) in [5.74, 6) is 0. The van der Waals surface area contributed by atoms with Crippen molar-refractivity contribution in [2.45, 2.75) is 25.9 Å². The molecule has 1 aromatic carbocycles. The largest absolute Gasteiger partial charge is 0.395 e. The van der Waals surface area contributed by atoms with Crippen LogP contribution in [0.2, 0.25) is 0 Å². The Labute approximate surface area is 114 Å². The lowest BCUT2D eigenvalue weighted by Crippen LogP contribution is -2.34. The second-order valence-corrected chi connectivity index (χ2v) is 4.76. The van der Waals surface area contributed by atoms with Gasteiger partial charge in [-0.05, 0) is 30.5 Å². The molecule has 2 aromatic rings. The van der Waals surface area contributed by atoms with E-state index in [2.05, 4.69) is 28.5 Å². The normalized spacial score (nSPS) is 12.3. The van der Waals surface area contributed by atoms with Crippen molar-refractivity contribution in [1.29, 1.82) is 0 Å². The van der Waals surface area contributed by atoms with Gasteiger partial charge in [0.1, 0.15) is 0 Å². The molecule has 0 aliphatic carbocycles. The first-order chi connectivity index (χ1) is 9.28. The van der Waals surface area contributed by atoms with E-state index in [1.165, 1.54) is 5.56 Å². The fraction of sp³-hybridized carbons (Fsp3) is 0.312. The van der Waals surface area contributed by atoms with Crippen LogP contribution in [0.25, 0.3) is 0 Å². The fourth-order valence-electron chi connectivity index (χ4n) is 1.97. The van der Waals surface area contributed by atoms with E-state index in [1.807, 2.05) is 37.4 Å². The molecule has 2 N–H and O–H groups in total. The number of aliphatic hydroxyl groups is 1. The van der Waals surface area contributed by atoms with Crippen molar-refractivity contribution >= 4 is 0 Å². The number of nitrogens with one attached hydrogen (secondary N) is 1. The highest BCUT2D eigenvalue weighted by molar-refractivity contribution is 5.16. The van der Waals surface area contributed by atoms with Crippen molar-refractivity contribution in [3.8, 4) is 0 Å². The van der Waals surface area contributed by atoms with Gasteiger partial charge in [0.15, 0.2) is 0 Å². The molecule has 1 aromatic heterocycles. The van der Waals surface area contributed by atoms with Crippen LogP contribution in [-0.2, 0) is 13.0 Å². The SMILES string of the molecule is Cc1ccc(CN[C@H](CO)Cc2ccccc2)cn1. The topological polar surface area (TPSA) is 45.1 Å². The molecule has 0 unspecified atom stereocenters. The number of pyridine rings is 1. The highest BCUT2D eigenvalue weighted by atomic mass is 16.3. The van der Waals surface area contributed by atoms with Crippen molar-refractivity contribution in [1.82, 2.24) is 10.3 Å². The smallest absolute Gasteiger partial charge is 0.0587 e. The Hall–Kier alpha value is -1.71. The summed E-state index contributed by atoms with van der Waals surface area (Å²) < 4.78 is 0. The molecule has 3 nitrogen and oxygen atoms in total. The Balaban J connectivity index is 1.87. The Morgan fingerprint density at radius 3 is 2.53 bits per heavy atom. The lowest BCUT2D eigenvalue weighted by atomic mass is 10.1. The molecular weight excluding hydrogens is 236 g/mol. The molecule has 0 fully saturated rings. The van der Waals surface area contributed by atoms with E-state index in [0.717, 1.165) is 24.2 Å². The maximum Gasteiger partial charge on any atom is 0.0587 e. The fourth-order valence-corrected chi connectivity index (χ4v) is 1.97. The van der Waals surface area contributed by atoms with Gasteiger partial charge in [0.2, 0.25) is 0 Å². The van der Waals surface area contributed by atoms with Gasteiger partial charge in [-0.25, -0.2) is 0 Å². The van der Waals surface area contributed by atoms with Crippen LogP contribution in [0.1, 0.15) is 16.8 Å². The van der Waals surface area contributed by atoms with Crippen LogP contribution in [0.15, 0.2) is 48.7 Å². The van der Waals surface area contributed by atoms with Gasteiger partial charge in [0, 0.05) is 24.5 Å². The van der Waals surface area contributed by atoms with E-state index in [-0.39, 0.29) is 12.6 Å². The van der Waals surface area contributed by atoms with Crippen molar-refractivity contribution in [2.75, 3.05) is 6.61 Å². The predicted molar refractivity (Wildman–Crippen MR) is 76.8 cm³/mol. The van der Waals surface area contributed by atoms with E-state index >= 15 is 0 Å². The van der Waals surface area contributed by atoms with Gasteiger partial charge in [0.25, 0.3) is 0 Å². The van der Waals surface area contributed by atoms with E-state index in [9.17, 15) is 5.11 Å². The molecule has 0 saturated carbocycles. The monoisotopic (exact) mass is 256 g/mol. The quantitative estimate of drug-likeness (QED) is 0.832. The maximum absolute atomic E-state index is 9.43. The Morgan fingerprint density at radius 2 is 1.89 bits per heavy atom. The van der Waals surface area contributed by atoms with Crippen molar-refractivity contribution in [3.63, 3.8) is 0 Å². The molecule has 1 heterocycles. The van der Waals surface area contributed by atoms with Crippen LogP contribution in [0.5, 0.6) is 0 Å². The van der Waals surface area contributed by atoms with Crippen LogP contribution in [0.3, 0.4) is 0 Å². The summed E-state index contributed by atoms with van der Waals surface area (Å²) in [6.45, 7) is 2.84. The van der Waals surface area contributed by atoms with E-state index in [4.69, 9.17) is 0 Å². The van der Waals surface area contributed by atoms with Crippen LogP contribution in [-0.4, -0.2) is 22.7 Å². The van der Waals surface area contributed by atoms with E-state index < -0.39 is 0 Å². The number of hydrogen-bond donors (Lipinski definition) is 2. The molecule has 0 saturated heterocycles. The summed E-state index contributed by atoms with van der Waals surface area (Å²) >= 11 is 0. The molecule has 19 heavy (non-hydrogen) atoms. The first-order valence-corrected chi connectivity index (χ1v) is 6.57. The molecular formula is C16H20N2O. The molecule has 1 atom stereocenters. The molecule has 0 aliphatic heterocycles. The number of rotatable bonds is 6. The standard InChI is InChI=1S/C16H20N2O/c1-13-7-8-15(10-17-13)11-18-16(12-19)9-14-5-3-2-4-6-14/h2-8,10,16,18-19H,9,11-12H2,1H3/t16-/m0/s1. The minimum Gasteiger partial charge on any atom is -0.395 e. The minimum absolute atomic E-state index is 0.0729. The maximum atomic E-state index is 9.43. The summed E-state index contributed by atoms with van der Waals surface area (Å²) in [6, 6.07) is 14.3. The highest BCUT2D eigenvalue weighted by Gasteiger charge is 2.07. The highest BCUT2D eigenvalue weighted by Crippen LogP contribution is 2.04. The van der Waals surface area contributed by atoms with Gasteiger partial charge in [-0.15, -0.1) is 0 Å². The van der Waals surface area contributed by atoms with Gasteiger partial charge in [-0.3, -0.25) is 4.98 Å². The van der Waals surface area contributed by atoms with Crippen molar-refractivity contribution in [2.24, 2.45) is 0 Å². The van der Waals surface area contributed by atoms with Gasteiger partial charge < -0.3 is 10.4 Å². The lowest BCUT2D eigenvalue weighted by Gasteiger charge is -2.16. The molecule has 0 bridgehead atoms. The van der Waals surface area contributed by atoms with Crippen molar-refractivity contribution < 1.29 is 5.11 Å². The zero-order valence-electron chi connectivity index (χ0n) is 11.2. The summed E-state index contributed by atoms with van der Waals surface area (Å²) in [5.41, 5.74) is 3.39. The molecule has 0 radical (unpaired) electrons. The summed E-state index contributed by atoms with van der Waals surface area (Å²) in [5, 5.41) is 12.8. The molecule has 100 valence electrons. The number of aromatic nitrogens is 1. The minimum atomic E-state index is 0.0729. The second-order valence-electron chi connectivity index (χ2n) is 4.76. The zero-order chi connectivity index (χ0) is 13.5. The number of aryl methyl sites for hydroxylation is 1. The second kappa shape index (κ2) is 7.02. The van der Waals surface area contributed by atoms with Crippen LogP contribution in [0, 0.1) is 6.92 Å². The summed E-state index contributed by atoms with van der Waals surface area (Å²) in [6.07, 6.45) is 2.70. The van der Waals surface area contributed by atoms with Crippen LogP contribution in [0.4, 0.5) is 0 Å². The molecule has 0 aliphatic rings. The third kappa shape index (κ3) is 4.47. The average molecular weight is 256 g/mol. The van der Waals surface area contributed by atoms with Gasteiger partial charge in [-0.1, -0.05) is 36.4 Å². The molecule has 0 amide bonds. The lowest BCUT2D eigenvalue weighted by molar-refractivity contribution is 0.241. The van der Waals surface area contributed by atoms with E-state index in [0.29, 0.717) is 0 Å². The van der Waals surface area contributed by atoms with E-state index in [1.54, 1.807) is 0 Å². The third-order valence-electron chi connectivity index (χ3n) is 3.11. The van der Waals surface area contributed by atoms with Gasteiger partial charge >= 0.3 is 0 Å². The van der Waals surface area contributed by atoms with Gasteiger partial charge in [-0.2, -0.15) is 0 Å². The number of hydrogen-bond acceptors (Lipinski definition) is 3. The molecule has 3 heteroatoms. The Bertz CT molecular complexity index is 482. The summed E-state index contributed by atoms with van der Waals surface area (Å²) in [4.78, 5) is 4.26. The molecule has 2 rings (SSSR count). The molecule has 0 spiro atoms. The third-order valence-corrected chi connectivity index (χ3v) is 3.11. The first kappa shape index (κ1) is 13.7. The van der Waals surface area contributed by atoms with Gasteiger partial charge in [0.05, 0.1) is 6.61 Å². The number of nitrogens with zero attached hydrogens (tertiary/aromatic N) is 1. The van der Waals surface area contributed by atoms with Crippen molar-refractivity contribution in [3.05, 3.63) is 65.5 Å². The Morgan fingerprint density at radius 1 is 1.11 bits per heavy atom. The van der Waals surface area contributed by atoms with Crippen LogP contribution < -0.4 is 5.32 Å². The Kier molecular flexibility index (Phi) is 5.07. The zero-order valence-corrected chi connectivity index (χ0v) is 11.2. The number of benzene rings is 1. The predicted octanol–water partition coefficient (Wildman–Crippen LogP) is 2.08. The first-order valence-electron chi connectivity index (χ1n) is 6.57. The summed E-state index contributed by atoms with van der Waals surface area (Å²) in [7, 11) is 0. The number of aliphatic hydroxyl groups excluding tert-OH is 1. The average Bonchev–Trinajstić information content (AvgIpc) is 2.46.